The molecule has 0 saturated heterocycles. The third-order valence-electron chi connectivity index (χ3n) is 3.48. The molecule has 0 aliphatic heterocycles. The highest BCUT2D eigenvalue weighted by atomic mass is 16.5. The van der Waals surface area contributed by atoms with Gasteiger partial charge in [-0.3, -0.25) is 4.79 Å². The summed E-state index contributed by atoms with van der Waals surface area (Å²) in [4.78, 5) is 11.8. The highest BCUT2D eigenvalue weighted by Gasteiger charge is 2.50. The monoisotopic (exact) mass is 192 g/mol. The highest BCUT2D eigenvalue weighted by molar-refractivity contribution is 5.78. The quantitative estimate of drug-likeness (QED) is 0.506. The van der Waals surface area contributed by atoms with E-state index in [0.29, 0.717) is 18.4 Å². The van der Waals surface area contributed by atoms with E-state index in [9.17, 15) is 4.79 Å². The van der Waals surface area contributed by atoms with Crippen molar-refractivity contribution in [2.45, 2.75) is 19.8 Å². The Bertz CT molecular complexity index is 293. The highest BCUT2D eigenvalue weighted by Crippen LogP contribution is 2.52. The fraction of sp³-hybridized carbons (Fsp3) is 0.583. The molecule has 3 atom stereocenters. The topological polar surface area (TPSA) is 26.3 Å². The SMILES string of the molecule is C=CCOC(=O)C1(C)CC2C=CC1C2. The van der Waals surface area contributed by atoms with Gasteiger partial charge in [0.2, 0.25) is 0 Å². The van der Waals surface area contributed by atoms with Gasteiger partial charge in [0, 0.05) is 0 Å². The van der Waals surface area contributed by atoms with Gasteiger partial charge in [0.1, 0.15) is 6.61 Å². The maximum Gasteiger partial charge on any atom is 0.312 e. The first-order chi connectivity index (χ1) is 6.66. The molecule has 3 unspecified atom stereocenters. The largest absolute Gasteiger partial charge is 0.461 e. The average Bonchev–Trinajstić information content (AvgIpc) is 2.73. The molecule has 2 aliphatic rings. The number of allylic oxidation sites excluding steroid dienone is 2. The van der Waals surface area contributed by atoms with Crippen molar-refractivity contribution in [1.82, 2.24) is 0 Å². The molecule has 1 saturated carbocycles. The lowest BCUT2D eigenvalue weighted by Gasteiger charge is -2.28. The molecule has 2 aliphatic carbocycles. The van der Waals surface area contributed by atoms with Crippen LogP contribution in [0.3, 0.4) is 0 Å². The summed E-state index contributed by atoms with van der Waals surface area (Å²) < 4.78 is 5.14. The van der Waals surface area contributed by atoms with Crippen LogP contribution in [0.2, 0.25) is 0 Å². The van der Waals surface area contributed by atoms with Crippen molar-refractivity contribution in [2.75, 3.05) is 6.61 Å². The molecule has 0 aromatic heterocycles. The normalized spacial score (nSPS) is 38.6. The van der Waals surface area contributed by atoms with Crippen molar-refractivity contribution in [3.63, 3.8) is 0 Å². The van der Waals surface area contributed by atoms with E-state index in [2.05, 4.69) is 18.7 Å². The molecule has 2 bridgehead atoms. The summed E-state index contributed by atoms with van der Waals surface area (Å²) in [6, 6.07) is 0. The first-order valence-corrected chi connectivity index (χ1v) is 5.13. The molecule has 0 aromatic rings. The van der Waals surface area contributed by atoms with Crippen molar-refractivity contribution in [3.8, 4) is 0 Å². The zero-order chi connectivity index (χ0) is 10.2. The summed E-state index contributed by atoms with van der Waals surface area (Å²) in [7, 11) is 0. The van der Waals surface area contributed by atoms with Crippen LogP contribution in [0, 0.1) is 17.3 Å². The molecule has 76 valence electrons. The lowest BCUT2D eigenvalue weighted by Crippen LogP contribution is -2.33. The second-order valence-electron chi connectivity index (χ2n) is 4.50. The van der Waals surface area contributed by atoms with Gasteiger partial charge in [-0.1, -0.05) is 24.8 Å². The summed E-state index contributed by atoms with van der Waals surface area (Å²) in [6.07, 6.45) is 8.09. The van der Waals surface area contributed by atoms with E-state index in [4.69, 9.17) is 4.74 Å². The predicted molar refractivity (Wildman–Crippen MR) is 54.6 cm³/mol. The number of fused-ring (bicyclic) bond motifs is 2. The second-order valence-corrected chi connectivity index (χ2v) is 4.50. The van der Waals surface area contributed by atoms with Crippen molar-refractivity contribution in [1.29, 1.82) is 0 Å². The second kappa shape index (κ2) is 3.26. The van der Waals surface area contributed by atoms with Crippen LogP contribution in [0.15, 0.2) is 24.8 Å². The van der Waals surface area contributed by atoms with E-state index in [-0.39, 0.29) is 11.4 Å². The standard InChI is InChI=1S/C12H16O2/c1-3-6-14-11(13)12(2)8-9-4-5-10(12)7-9/h3-5,9-10H,1,6-8H2,2H3. The summed E-state index contributed by atoms with van der Waals surface area (Å²) in [5.41, 5.74) is -0.275. The molecule has 0 spiro atoms. The number of rotatable bonds is 3. The number of hydrogen-bond acceptors (Lipinski definition) is 2. The molecular formula is C12H16O2. The van der Waals surface area contributed by atoms with Gasteiger partial charge in [-0.15, -0.1) is 0 Å². The van der Waals surface area contributed by atoms with Crippen LogP contribution in [-0.4, -0.2) is 12.6 Å². The van der Waals surface area contributed by atoms with Crippen LogP contribution >= 0.6 is 0 Å². The van der Waals surface area contributed by atoms with Crippen molar-refractivity contribution in [3.05, 3.63) is 24.8 Å². The van der Waals surface area contributed by atoms with E-state index < -0.39 is 0 Å². The zero-order valence-corrected chi connectivity index (χ0v) is 8.53. The molecule has 2 nitrogen and oxygen atoms in total. The van der Waals surface area contributed by atoms with Crippen LogP contribution in [0.25, 0.3) is 0 Å². The van der Waals surface area contributed by atoms with Crippen LogP contribution < -0.4 is 0 Å². The van der Waals surface area contributed by atoms with Crippen LogP contribution in [0.1, 0.15) is 19.8 Å². The Morgan fingerprint density at radius 2 is 2.50 bits per heavy atom. The molecule has 0 amide bonds. The maximum absolute atomic E-state index is 11.8. The number of ether oxygens (including phenoxy) is 1. The first-order valence-electron chi connectivity index (χ1n) is 5.13. The minimum Gasteiger partial charge on any atom is -0.461 e. The lowest BCUT2D eigenvalue weighted by molar-refractivity contribution is -0.155. The molecule has 0 aromatic carbocycles. The van der Waals surface area contributed by atoms with Gasteiger partial charge in [-0.05, 0) is 31.6 Å². The van der Waals surface area contributed by atoms with Crippen LogP contribution in [-0.2, 0) is 9.53 Å². The van der Waals surface area contributed by atoms with Crippen molar-refractivity contribution in [2.24, 2.45) is 17.3 Å². The minimum absolute atomic E-state index is 0.0609. The summed E-state index contributed by atoms with van der Waals surface area (Å²) in [5.74, 6) is 0.931. The van der Waals surface area contributed by atoms with Gasteiger partial charge < -0.3 is 4.74 Å². The molecule has 0 N–H and O–H groups in total. The number of carbonyl (C=O) groups excluding carboxylic acids is 1. The molecule has 1 fully saturated rings. The molecule has 2 rings (SSSR count). The predicted octanol–water partition coefficient (Wildman–Crippen LogP) is 2.32. The molecule has 0 radical (unpaired) electrons. The van der Waals surface area contributed by atoms with Gasteiger partial charge in [-0.25, -0.2) is 0 Å². The lowest BCUT2D eigenvalue weighted by atomic mass is 9.78. The zero-order valence-electron chi connectivity index (χ0n) is 8.53. The van der Waals surface area contributed by atoms with Gasteiger partial charge >= 0.3 is 5.97 Å². The maximum atomic E-state index is 11.8. The van der Waals surface area contributed by atoms with Crippen LogP contribution in [0.5, 0.6) is 0 Å². The van der Waals surface area contributed by atoms with Gasteiger partial charge in [0.25, 0.3) is 0 Å². The Hall–Kier alpha value is -1.05. The third-order valence-corrected chi connectivity index (χ3v) is 3.48. The average molecular weight is 192 g/mol. The summed E-state index contributed by atoms with van der Waals surface area (Å²) in [5, 5.41) is 0. The van der Waals surface area contributed by atoms with Gasteiger partial charge in [-0.2, -0.15) is 0 Å². The van der Waals surface area contributed by atoms with E-state index in [1.807, 2.05) is 6.92 Å². The first kappa shape index (κ1) is 9.50. The summed E-state index contributed by atoms with van der Waals surface area (Å²) >= 11 is 0. The van der Waals surface area contributed by atoms with Gasteiger partial charge in [0.15, 0.2) is 0 Å². The fourth-order valence-corrected chi connectivity index (χ4v) is 2.63. The number of esters is 1. The molecule has 14 heavy (non-hydrogen) atoms. The molecular weight excluding hydrogens is 176 g/mol. The van der Waals surface area contributed by atoms with E-state index in [1.54, 1.807) is 6.08 Å². The smallest absolute Gasteiger partial charge is 0.312 e. The Morgan fingerprint density at radius 3 is 3.00 bits per heavy atom. The number of hydrogen-bond donors (Lipinski definition) is 0. The summed E-state index contributed by atoms with van der Waals surface area (Å²) in [6.45, 7) is 5.89. The Morgan fingerprint density at radius 1 is 1.71 bits per heavy atom. The minimum atomic E-state index is -0.275. The van der Waals surface area contributed by atoms with Crippen molar-refractivity contribution >= 4 is 5.97 Å². The van der Waals surface area contributed by atoms with E-state index in [0.717, 1.165) is 12.8 Å². The van der Waals surface area contributed by atoms with Crippen LogP contribution in [0.4, 0.5) is 0 Å². The van der Waals surface area contributed by atoms with E-state index in [1.165, 1.54) is 0 Å². The molecule has 0 heterocycles. The van der Waals surface area contributed by atoms with Gasteiger partial charge in [0.05, 0.1) is 5.41 Å². The number of carbonyl (C=O) groups is 1. The fourth-order valence-electron chi connectivity index (χ4n) is 2.63. The third kappa shape index (κ3) is 1.29. The van der Waals surface area contributed by atoms with E-state index >= 15 is 0 Å². The molecule has 2 heteroatoms. The Balaban J connectivity index is 2.06. The Labute approximate surface area is 84.6 Å². The van der Waals surface area contributed by atoms with Crippen molar-refractivity contribution < 1.29 is 9.53 Å². The Kier molecular flexibility index (Phi) is 2.22.